The molecule has 1 heterocycles. The molecule has 0 aromatic heterocycles. The van der Waals surface area contributed by atoms with Gasteiger partial charge in [0.2, 0.25) is 5.91 Å². The lowest BCUT2D eigenvalue weighted by Gasteiger charge is -2.27. The number of rotatable bonds is 8. The summed E-state index contributed by atoms with van der Waals surface area (Å²) in [6, 6.07) is 7.62. The van der Waals surface area contributed by atoms with Gasteiger partial charge >= 0.3 is 0 Å². The Hall–Kier alpha value is -1.59. The van der Waals surface area contributed by atoms with Crippen molar-refractivity contribution >= 4 is 24.2 Å². The number of carbonyl (C=O) groups is 2. The Balaban J connectivity index is 0.00000364. The fourth-order valence-corrected chi connectivity index (χ4v) is 3.38. The van der Waals surface area contributed by atoms with E-state index in [1.54, 1.807) is 0 Å². The minimum atomic E-state index is -0.0629. The van der Waals surface area contributed by atoms with E-state index in [0.717, 1.165) is 37.9 Å². The van der Waals surface area contributed by atoms with Gasteiger partial charge in [-0.1, -0.05) is 26.0 Å². The molecule has 152 valence electrons. The zero-order valence-corrected chi connectivity index (χ0v) is 17.5. The smallest absolute Gasteiger partial charge is 0.251 e. The van der Waals surface area contributed by atoms with Crippen molar-refractivity contribution in [2.75, 3.05) is 13.1 Å². The lowest BCUT2D eigenvalue weighted by Crippen LogP contribution is -2.33. The van der Waals surface area contributed by atoms with E-state index in [0.29, 0.717) is 30.4 Å². The highest BCUT2D eigenvalue weighted by Gasteiger charge is 2.21. The molecule has 0 aliphatic carbocycles. The van der Waals surface area contributed by atoms with Crippen LogP contribution in [0.4, 0.5) is 0 Å². The summed E-state index contributed by atoms with van der Waals surface area (Å²) in [5, 5.41) is 9.34. The first-order chi connectivity index (χ1) is 12.5. The van der Waals surface area contributed by atoms with E-state index in [9.17, 15) is 9.59 Å². The van der Waals surface area contributed by atoms with Crippen LogP contribution in [-0.4, -0.2) is 30.9 Å². The molecule has 2 unspecified atom stereocenters. The molecule has 0 saturated carbocycles. The minimum Gasteiger partial charge on any atom is -0.352 e. The van der Waals surface area contributed by atoms with Crippen LogP contribution in [0.5, 0.6) is 0 Å². The Kier molecular flexibility index (Phi) is 10.4. The highest BCUT2D eigenvalue weighted by molar-refractivity contribution is 5.94. The molecule has 2 atom stereocenters. The molecule has 1 aromatic rings. The lowest BCUT2D eigenvalue weighted by molar-refractivity contribution is -0.122. The second kappa shape index (κ2) is 12.0. The maximum atomic E-state index is 12.3. The van der Waals surface area contributed by atoms with Crippen LogP contribution >= 0.6 is 12.4 Å². The van der Waals surface area contributed by atoms with Crippen molar-refractivity contribution in [3.8, 4) is 0 Å². The van der Waals surface area contributed by atoms with Gasteiger partial charge in [-0.25, -0.2) is 0 Å². The van der Waals surface area contributed by atoms with Crippen molar-refractivity contribution < 1.29 is 9.59 Å². The summed E-state index contributed by atoms with van der Waals surface area (Å²) in [5.74, 6) is 1.07. The molecule has 1 aliphatic rings. The Morgan fingerprint density at radius 2 is 1.93 bits per heavy atom. The zero-order valence-electron chi connectivity index (χ0n) is 16.7. The SMILES string of the molecule is CCC(C)NC(=O)c1cccc(CNC(=O)CC(C)C2CCNCC2)c1.Cl. The summed E-state index contributed by atoms with van der Waals surface area (Å²) in [7, 11) is 0. The number of amides is 2. The molecule has 2 amide bonds. The van der Waals surface area contributed by atoms with E-state index in [4.69, 9.17) is 0 Å². The van der Waals surface area contributed by atoms with E-state index >= 15 is 0 Å². The van der Waals surface area contributed by atoms with Gasteiger partial charge in [-0.15, -0.1) is 12.4 Å². The number of nitrogens with one attached hydrogen (secondary N) is 3. The maximum Gasteiger partial charge on any atom is 0.251 e. The topological polar surface area (TPSA) is 70.2 Å². The van der Waals surface area contributed by atoms with Gasteiger partial charge in [-0.3, -0.25) is 9.59 Å². The highest BCUT2D eigenvalue weighted by atomic mass is 35.5. The lowest BCUT2D eigenvalue weighted by atomic mass is 9.84. The monoisotopic (exact) mass is 395 g/mol. The molecule has 1 saturated heterocycles. The normalized spacial score (nSPS) is 16.7. The van der Waals surface area contributed by atoms with Crippen molar-refractivity contribution in [1.29, 1.82) is 0 Å². The number of piperidine rings is 1. The average Bonchev–Trinajstić information content (AvgIpc) is 2.67. The standard InChI is InChI=1S/C21H33N3O2.ClH/c1-4-16(3)24-21(26)19-7-5-6-17(13-19)14-23-20(25)12-15(2)18-8-10-22-11-9-18;/h5-7,13,15-16,18,22H,4,8-12,14H2,1-3H3,(H,23,25)(H,24,26);1H. The number of carbonyl (C=O) groups excluding carboxylic acids is 2. The Morgan fingerprint density at radius 1 is 1.22 bits per heavy atom. The molecule has 0 bridgehead atoms. The zero-order chi connectivity index (χ0) is 18.9. The van der Waals surface area contributed by atoms with Gasteiger partial charge in [0.15, 0.2) is 0 Å². The van der Waals surface area contributed by atoms with Gasteiger partial charge in [0.1, 0.15) is 0 Å². The van der Waals surface area contributed by atoms with Crippen LogP contribution in [0.1, 0.15) is 62.4 Å². The Morgan fingerprint density at radius 3 is 2.59 bits per heavy atom. The van der Waals surface area contributed by atoms with Crippen LogP contribution in [0.3, 0.4) is 0 Å². The van der Waals surface area contributed by atoms with Gasteiger partial charge < -0.3 is 16.0 Å². The first-order valence-electron chi connectivity index (χ1n) is 9.86. The van der Waals surface area contributed by atoms with Crippen molar-refractivity contribution in [3.05, 3.63) is 35.4 Å². The third kappa shape index (κ3) is 7.89. The molecule has 3 N–H and O–H groups in total. The quantitative estimate of drug-likeness (QED) is 0.632. The summed E-state index contributed by atoms with van der Waals surface area (Å²) in [6.45, 7) is 8.79. The van der Waals surface area contributed by atoms with E-state index in [-0.39, 0.29) is 30.3 Å². The molecule has 1 fully saturated rings. The largest absolute Gasteiger partial charge is 0.352 e. The molecule has 5 nitrogen and oxygen atoms in total. The fourth-order valence-electron chi connectivity index (χ4n) is 3.38. The average molecular weight is 396 g/mol. The third-order valence-electron chi connectivity index (χ3n) is 5.36. The van der Waals surface area contributed by atoms with Crippen LogP contribution < -0.4 is 16.0 Å². The number of hydrogen-bond acceptors (Lipinski definition) is 3. The molecule has 2 rings (SSSR count). The second-order valence-electron chi connectivity index (χ2n) is 7.53. The highest BCUT2D eigenvalue weighted by Crippen LogP contribution is 2.24. The van der Waals surface area contributed by atoms with Gasteiger partial charge in [0, 0.05) is 24.6 Å². The minimum absolute atomic E-state index is 0. The predicted octanol–water partition coefficient (Wildman–Crippen LogP) is 3.28. The van der Waals surface area contributed by atoms with Crippen molar-refractivity contribution in [2.24, 2.45) is 11.8 Å². The number of benzene rings is 1. The van der Waals surface area contributed by atoms with Crippen LogP contribution in [-0.2, 0) is 11.3 Å². The van der Waals surface area contributed by atoms with Crippen LogP contribution in [0, 0.1) is 11.8 Å². The third-order valence-corrected chi connectivity index (χ3v) is 5.36. The summed E-state index contributed by atoms with van der Waals surface area (Å²) in [4.78, 5) is 24.5. The van der Waals surface area contributed by atoms with Gasteiger partial charge in [-0.05, 0) is 68.8 Å². The maximum absolute atomic E-state index is 12.3. The van der Waals surface area contributed by atoms with Gasteiger partial charge in [0.25, 0.3) is 5.91 Å². The molecule has 1 aromatic carbocycles. The van der Waals surface area contributed by atoms with E-state index in [2.05, 4.69) is 22.9 Å². The van der Waals surface area contributed by atoms with Gasteiger partial charge in [-0.2, -0.15) is 0 Å². The number of hydrogen-bond donors (Lipinski definition) is 3. The Bertz CT molecular complexity index is 603. The summed E-state index contributed by atoms with van der Waals surface area (Å²) >= 11 is 0. The van der Waals surface area contributed by atoms with Crippen LogP contribution in [0.15, 0.2) is 24.3 Å². The summed E-state index contributed by atoms with van der Waals surface area (Å²) in [6.07, 6.45) is 3.78. The molecule has 6 heteroatoms. The fraction of sp³-hybridized carbons (Fsp3) is 0.619. The first kappa shape index (κ1) is 23.4. The molecule has 0 radical (unpaired) electrons. The van der Waals surface area contributed by atoms with Crippen molar-refractivity contribution in [3.63, 3.8) is 0 Å². The predicted molar refractivity (Wildman–Crippen MR) is 112 cm³/mol. The Labute approximate surface area is 169 Å². The molecule has 0 spiro atoms. The molecular weight excluding hydrogens is 362 g/mol. The summed E-state index contributed by atoms with van der Waals surface area (Å²) in [5.41, 5.74) is 1.59. The van der Waals surface area contributed by atoms with Crippen LogP contribution in [0.2, 0.25) is 0 Å². The molecular formula is C21H34ClN3O2. The van der Waals surface area contributed by atoms with E-state index in [1.165, 1.54) is 0 Å². The van der Waals surface area contributed by atoms with Crippen LogP contribution in [0.25, 0.3) is 0 Å². The van der Waals surface area contributed by atoms with Gasteiger partial charge in [0.05, 0.1) is 0 Å². The first-order valence-corrected chi connectivity index (χ1v) is 9.86. The number of halogens is 1. The van der Waals surface area contributed by atoms with Crippen molar-refractivity contribution in [2.45, 2.75) is 59.0 Å². The molecule has 1 aliphatic heterocycles. The van der Waals surface area contributed by atoms with Crippen molar-refractivity contribution in [1.82, 2.24) is 16.0 Å². The van der Waals surface area contributed by atoms with E-state index in [1.807, 2.05) is 38.1 Å². The second-order valence-corrected chi connectivity index (χ2v) is 7.53. The van der Waals surface area contributed by atoms with E-state index < -0.39 is 0 Å². The molecule has 27 heavy (non-hydrogen) atoms. The summed E-state index contributed by atoms with van der Waals surface area (Å²) < 4.78 is 0.